The number of hydrogen-bond donors (Lipinski definition) is 4. The van der Waals surface area contributed by atoms with E-state index in [0.29, 0.717) is 50.2 Å². The smallest absolute Gasteiger partial charge is 0.405 e. The quantitative estimate of drug-likeness (QED) is 0.274. The third-order valence-corrected chi connectivity index (χ3v) is 13.3. The van der Waals surface area contributed by atoms with Crippen molar-refractivity contribution >= 4 is 44.7 Å². The Labute approximate surface area is 304 Å². The van der Waals surface area contributed by atoms with E-state index in [-0.39, 0.29) is 31.2 Å². The molecule has 282 valence electrons. The van der Waals surface area contributed by atoms with Gasteiger partial charge in [-0.1, -0.05) is 32.4 Å². The van der Waals surface area contributed by atoms with Gasteiger partial charge in [-0.3, -0.25) is 24.1 Å². The van der Waals surface area contributed by atoms with Crippen LogP contribution in [-0.4, -0.2) is 88.8 Å². The van der Waals surface area contributed by atoms with Crippen LogP contribution in [0.2, 0.25) is 0 Å². The molecule has 1 saturated heterocycles. The molecular weight excluding hydrogens is 691 g/mol. The Bertz CT molecular complexity index is 1860. The summed E-state index contributed by atoms with van der Waals surface area (Å²) in [6, 6.07) is 5.04. The number of nitrogens with zero attached hydrogens (tertiary/aromatic N) is 2. The lowest BCUT2D eigenvalue weighted by Gasteiger charge is -2.33. The number of ether oxygens (including phenoxy) is 2. The van der Waals surface area contributed by atoms with Crippen LogP contribution in [0.3, 0.4) is 0 Å². The van der Waals surface area contributed by atoms with Crippen LogP contribution in [0.5, 0.6) is 11.5 Å². The Morgan fingerprint density at radius 1 is 1.13 bits per heavy atom. The normalized spacial score (nSPS) is 30.2. The van der Waals surface area contributed by atoms with Gasteiger partial charge < -0.3 is 30.1 Å². The minimum atomic E-state index is -3.99. The number of sulfonamides is 1. The lowest BCUT2D eigenvalue weighted by atomic mass is 9.85. The molecule has 0 spiro atoms. The Hall–Kier alpha value is -4.40. The van der Waals surface area contributed by atoms with E-state index in [9.17, 15) is 32.7 Å². The van der Waals surface area contributed by atoms with Crippen LogP contribution in [0.25, 0.3) is 10.9 Å². The summed E-state index contributed by atoms with van der Waals surface area (Å²) in [6.07, 6.45) is 6.92. The molecule has 3 fully saturated rings. The number of pyridine rings is 1. The molecule has 0 radical (unpaired) electrons. The summed E-state index contributed by atoms with van der Waals surface area (Å²) in [4.78, 5) is 60.5. The summed E-state index contributed by atoms with van der Waals surface area (Å²) in [5.74, 6) is -1.61. The lowest BCUT2D eigenvalue weighted by molar-refractivity contribution is -0.142. The zero-order valence-corrected chi connectivity index (χ0v) is 30.9. The molecule has 4 amide bonds. The molecule has 6 rings (SSSR count). The Morgan fingerprint density at radius 3 is 2.58 bits per heavy atom. The molecule has 2 aliphatic carbocycles. The average Bonchev–Trinajstić information content (AvgIpc) is 3.97. The summed E-state index contributed by atoms with van der Waals surface area (Å²) >= 11 is 0. The minimum Gasteiger partial charge on any atom is -0.494 e. The summed E-state index contributed by atoms with van der Waals surface area (Å²) in [5.41, 5.74) is -0.808. The van der Waals surface area contributed by atoms with E-state index < -0.39 is 68.2 Å². The molecule has 0 unspecified atom stereocenters. The van der Waals surface area contributed by atoms with Crippen LogP contribution >= 0.6 is 0 Å². The molecule has 2 saturated carbocycles. The Morgan fingerprint density at radius 2 is 1.88 bits per heavy atom. The van der Waals surface area contributed by atoms with Gasteiger partial charge in [0, 0.05) is 17.7 Å². The fraction of sp³-hybridized carbons (Fsp3) is 0.595. The highest BCUT2D eigenvalue weighted by Gasteiger charge is 2.63. The highest BCUT2D eigenvalue weighted by Crippen LogP contribution is 2.47. The number of carbonyl (C=O) groups is 4. The fourth-order valence-electron chi connectivity index (χ4n) is 7.55. The molecule has 1 aromatic heterocycles. The van der Waals surface area contributed by atoms with Gasteiger partial charge in [0.1, 0.15) is 35.2 Å². The maximum atomic E-state index is 14.5. The lowest BCUT2D eigenvalue weighted by Crippen LogP contribution is -2.59. The number of carboxylic acid groups (broad SMARTS) is 1. The zero-order valence-electron chi connectivity index (χ0n) is 30.1. The predicted octanol–water partition coefficient (Wildman–Crippen LogP) is 3.89. The fourth-order valence-corrected chi connectivity index (χ4v) is 8.86. The van der Waals surface area contributed by atoms with Crippen LogP contribution in [0, 0.1) is 17.8 Å². The standard InChI is InChI=1S/C37H49N5O9S/c1-5-23-15-22(3)9-7-8-10-25-19-37(25,34(45)41-52(48,49)36(4)13-14-36)40-32(43)30-18-28(21-42(30)33(44)31(23)39-35(46)47)51-27-17-24-16-26(50-6-2)11-12-29(24)38-20-27/h8,10-12,16-17,20,22-23,25,28,30-31,39H,5-7,9,13-15,18-19,21H2,1-4H3,(H,40,43)(H,41,45)(H,46,47)/t22-,23-,25-,28-,30+,31+,37-/m1/s1. The number of benzene rings is 1. The van der Waals surface area contributed by atoms with E-state index in [2.05, 4.69) is 27.3 Å². The van der Waals surface area contributed by atoms with Gasteiger partial charge in [0.2, 0.25) is 21.8 Å². The Kier molecular flexibility index (Phi) is 10.5. The maximum Gasteiger partial charge on any atom is 0.405 e. The number of carbonyl (C=O) groups excluding carboxylic acids is 3. The van der Waals surface area contributed by atoms with Crippen molar-refractivity contribution in [2.45, 2.75) is 108 Å². The van der Waals surface area contributed by atoms with Crippen molar-refractivity contribution in [1.29, 1.82) is 0 Å². The molecule has 4 aliphatic rings. The third kappa shape index (κ3) is 7.69. The highest BCUT2D eigenvalue weighted by atomic mass is 32.2. The Balaban J connectivity index is 1.33. The molecule has 14 nitrogen and oxygen atoms in total. The number of allylic oxidation sites excluding steroid dienone is 1. The number of hydrogen-bond acceptors (Lipinski definition) is 9. The summed E-state index contributed by atoms with van der Waals surface area (Å²) in [5, 5.41) is 15.9. The molecule has 15 heteroatoms. The van der Waals surface area contributed by atoms with Crippen LogP contribution in [0.4, 0.5) is 4.79 Å². The third-order valence-electron chi connectivity index (χ3n) is 11.1. The maximum absolute atomic E-state index is 14.5. The van der Waals surface area contributed by atoms with Gasteiger partial charge in [-0.05, 0) is 88.5 Å². The number of rotatable bonds is 9. The summed E-state index contributed by atoms with van der Waals surface area (Å²) < 4.78 is 39.4. The summed E-state index contributed by atoms with van der Waals surface area (Å²) in [7, 11) is -3.99. The zero-order chi connectivity index (χ0) is 37.4. The van der Waals surface area contributed by atoms with Gasteiger partial charge in [-0.25, -0.2) is 13.2 Å². The van der Waals surface area contributed by atoms with E-state index in [0.717, 1.165) is 17.3 Å². The van der Waals surface area contributed by atoms with Gasteiger partial charge in [0.15, 0.2) is 0 Å². The van der Waals surface area contributed by atoms with Crippen molar-refractivity contribution in [1.82, 2.24) is 25.2 Å². The van der Waals surface area contributed by atoms with E-state index >= 15 is 0 Å². The van der Waals surface area contributed by atoms with Crippen molar-refractivity contribution in [3.05, 3.63) is 42.6 Å². The molecule has 1 aromatic carbocycles. The van der Waals surface area contributed by atoms with E-state index in [1.165, 1.54) is 4.90 Å². The number of amides is 4. The van der Waals surface area contributed by atoms with E-state index in [1.807, 2.05) is 44.2 Å². The highest BCUT2D eigenvalue weighted by molar-refractivity contribution is 7.91. The second-order valence-electron chi connectivity index (χ2n) is 15.0. The van der Waals surface area contributed by atoms with Crippen LogP contribution < -0.4 is 24.8 Å². The van der Waals surface area contributed by atoms with Gasteiger partial charge in [-0.15, -0.1) is 0 Å². The summed E-state index contributed by atoms with van der Waals surface area (Å²) in [6.45, 7) is 7.89. The van der Waals surface area contributed by atoms with Crippen LogP contribution in [0.1, 0.15) is 79.1 Å². The van der Waals surface area contributed by atoms with Crippen LogP contribution in [0.15, 0.2) is 42.6 Å². The molecule has 4 N–H and O–H groups in total. The topological polar surface area (TPSA) is 193 Å². The first-order chi connectivity index (χ1) is 24.7. The van der Waals surface area contributed by atoms with Crippen molar-refractivity contribution in [2.75, 3.05) is 13.2 Å². The molecule has 7 atom stereocenters. The number of nitrogens with one attached hydrogen (secondary N) is 3. The van der Waals surface area contributed by atoms with Gasteiger partial charge in [-0.2, -0.15) is 0 Å². The SMILES string of the molecule is CCOc1ccc2ncc(O[C@@H]3C[C@H]4C(=O)N[C@]5(C(=O)NS(=O)(=O)C6(C)CC6)C[C@H]5C=CCC[C@@H](C)C[C@@H](CC)[C@H](NC(=O)O)C(=O)N4C3)cc2c1. The van der Waals surface area contributed by atoms with Gasteiger partial charge in [0.05, 0.1) is 29.6 Å². The van der Waals surface area contributed by atoms with Crippen molar-refractivity contribution in [2.24, 2.45) is 17.8 Å². The van der Waals surface area contributed by atoms with Crippen LogP contribution in [-0.2, 0) is 24.4 Å². The van der Waals surface area contributed by atoms with Gasteiger partial charge >= 0.3 is 6.09 Å². The predicted molar refractivity (Wildman–Crippen MR) is 192 cm³/mol. The van der Waals surface area contributed by atoms with Crippen molar-refractivity contribution in [3.63, 3.8) is 0 Å². The molecule has 2 aliphatic heterocycles. The first kappa shape index (κ1) is 37.4. The number of aromatic nitrogens is 1. The minimum absolute atomic E-state index is 0.0347. The van der Waals surface area contributed by atoms with E-state index in [1.54, 1.807) is 19.2 Å². The number of fused-ring (bicyclic) bond motifs is 3. The molecule has 0 bridgehead atoms. The largest absolute Gasteiger partial charge is 0.494 e. The monoisotopic (exact) mass is 739 g/mol. The second-order valence-corrected chi connectivity index (χ2v) is 17.2. The molecule has 52 heavy (non-hydrogen) atoms. The van der Waals surface area contributed by atoms with E-state index in [4.69, 9.17) is 9.47 Å². The van der Waals surface area contributed by atoms with Crippen molar-refractivity contribution < 1.29 is 42.2 Å². The van der Waals surface area contributed by atoms with Crippen molar-refractivity contribution in [3.8, 4) is 11.5 Å². The molecular formula is C37H49N5O9S. The van der Waals surface area contributed by atoms with Gasteiger partial charge in [0.25, 0.3) is 5.91 Å². The molecule has 2 aromatic rings. The first-order valence-electron chi connectivity index (χ1n) is 18.2. The molecule has 3 heterocycles. The second kappa shape index (κ2) is 14.6. The average molecular weight is 740 g/mol. The first-order valence-corrected chi connectivity index (χ1v) is 19.7.